The molecule has 0 radical (unpaired) electrons. The van der Waals surface area contributed by atoms with Gasteiger partial charge in [-0.25, -0.2) is 9.59 Å². The molecule has 2 amide bonds. The number of fused-ring (bicyclic) bond motifs is 3. The van der Waals surface area contributed by atoms with Crippen LogP contribution in [0.5, 0.6) is 0 Å². The highest BCUT2D eigenvalue weighted by Crippen LogP contribution is 2.44. The Hall–Kier alpha value is -3.86. The average Bonchev–Trinajstić information content (AvgIpc) is 3.28. The number of piperazine rings is 1. The summed E-state index contributed by atoms with van der Waals surface area (Å²) in [4.78, 5) is 29.6. The van der Waals surface area contributed by atoms with Crippen LogP contribution in [0.3, 0.4) is 0 Å². The molecule has 0 unspecified atom stereocenters. The van der Waals surface area contributed by atoms with E-state index in [1.165, 1.54) is 22.3 Å². The number of carbonyl (C=O) groups is 2. The second-order valence-electron chi connectivity index (χ2n) is 12.3. The van der Waals surface area contributed by atoms with E-state index in [4.69, 9.17) is 9.47 Å². The van der Waals surface area contributed by atoms with Crippen LogP contribution < -0.4 is 10.8 Å². The monoisotopic (exact) mass is 585 g/mol. The molecule has 0 aromatic heterocycles. The first kappa shape index (κ1) is 30.6. The third-order valence-corrected chi connectivity index (χ3v) is 8.26. The van der Waals surface area contributed by atoms with Gasteiger partial charge in [0.2, 0.25) is 0 Å². The molecule has 1 fully saturated rings. The number of nitrogens with zero attached hydrogens (tertiary/aromatic N) is 2. The number of hydrogen-bond donors (Lipinski definition) is 3. The van der Waals surface area contributed by atoms with Gasteiger partial charge in [0, 0.05) is 44.3 Å². The standard InChI is InChI=1S/C33H40BN3O6/c1-21-23(18-29(34(40)41)22(2)30(21)35-31(38)43-33(3,4)5)19-36-14-16-37(17-15-36)32(39)42-20-28-26-12-8-6-10-24(26)25-11-7-9-13-27(25)28/h6-13,18,28,40-41H,14-17,19-20H2,1-5H3,(H,35,38). The Morgan fingerprint density at radius 1 is 0.930 bits per heavy atom. The molecule has 3 aromatic carbocycles. The molecule has 9 nitrogen and oxygen atoms in total. The van der Waals surface area contributed by atoms with E-state index < -0.39 is 18.8 Å². The van der Waals surface area contributed by atoms with Gasteiger partial charge in [-0.15, -0.1) is 0 Å². The Balaban J connectivity index is 1.21. The summed E-state index contributed by atoms with van der Waals surface area (Å²) in [6, 6.07) is 18.3. The van der Waals surface area contributed by atoms with E-state index in [0.29, 0.717) is 49.4 Å². The van der Waals surface area contributed by atoms with Gasteiger partial charge in [0.25, 0.3) is 0 Å². The van der Waals surface area contributed by atoms with Gasteiger partial charge in [0.15, 0.2) is 0 Å². The molecule has 0 atom stereocenters. The van der Waals surface area contributed by atoms with Crippen LogP contribution >= 0.6 is 0 Å². The smallest absolute Gasteiger partial charge is 0.448 e. The lowest BCUT2D eigenvalue weighted by Gasteiger charge is -2.35. The van der Waals surface area contributed by atoms with Crippen molar-refractivity contribution >= 4 is 30.5 Å². The highest BCUT2D eigenvalue weighted by atomic mass is 16.6. The summed E-state index contributed by atoms with van der Waals surface area (Å²) in [6.07, 6.45) is -0.923. The zero-order chi connectivity index (χ0) is 30.9. The molecule has 1 heterocycles. The molecule has 1 saturated heterocycles. The number of amides is 2. The van der Waals surface area contributed by atoms with E-state index in [0.717, 1.165) is 11.1 Å². The van der Waals surface area contributed by atoms with Gasteiger partial charge >= 0.3 is 19.3 Å². The largest absolute Gasteiger partial charge is 0.488 e. The Kier molecular flexibility index (Phi) is 8.82. The topological polar surface area (TPSA) is 112 Å². The van der Waals surface area contributed by atoms with Crippen molar-refractivity contribution in [3.8, 4) is 11.1 Å². The lowest BCUT2D eigenvalue weighted by atomic mass is 9.75. The maximum absolute atomic E-state index is 13.1. The molecule has 1 aliphatic heterocycles. The van der Waals surface area contributed by atoms with Gasteiger partial charge in [0.1, 0.15) is 12.2 Å². The van der Waals surface area contributed by atoms with E-state index in [9.17, 15) is 19.6 Å². The number of hydrogen-bond acceptors (Lipinski definition) is 7. The highest BCUT2D eigenvalue weighted by molar-refractivity contribution is 6.59. The first-order valence-corrected chi connectivity index (χ1v) is 14.7. The van der Waals surface area contributed by atoms with Crippen molar-refractivity contribution in [3.05, 3.63) is 82.4 Å². The van der Waals surface area contributed by atoms with E-state index in [-0.39, 0.29) is 18.6 Å². The maximum atomic E-state index is 13.1. The lowest BCUT2D eigenvalue weighted by molar-refractivity contribution is 0.0635. The fourth-order valence-electron chi connectivity index (χ4n) is 6.03. The third kappa shape index (κ3) is 6.72. The van der Waals surface area contributed by atoms with Crippen molar-refractivity contribution in [2.24, 2.45) is 0 Å². The summed E-state index contributed by atoms with van der Waals surface area (Å²) in [7, 11) is -1.69. The zero-order valence-corrected chi connectivity index (χ0v) is 25.5. The number of benzene rings is 3. The normalized spacial score (nSPS) is 15.1. The van der Waals surface area contributed by atoms with E-state index >= 15 is 0 Å². The molecule has 1 aliphatic carbocycles. The first-order chi connectivity index (χ1) is 20.4. The van der Waals surface area contributed by atoms with Crippen molar-refractivity contribution in [2.75, 3.05) is 38.1 Å². The molecular formula is C33H40BN3O6. The van der Waals surface area contributed by atoms with E-state index in [1.807, 2.05) is 31.2 Å². The third-order valence-electron chi connectivity index (χ3n) is 8.26. The molecule has 226 valence electrons. The molecule has 0 saturated carbocycles. The highest BCUT2D eigenvalue weighted by Gasteiger charge is 2.31. The first-order valence-electron chi connectivity index (χ1n) is 14.7. The van der Waals surface area contributed by atoms with Crippen LogP contribution in [-0.2, 0) is 16.0 Å². The Morgan fingerprint density at radius 2 is 1.51 bits per heavy atom. The molecule has 3 N–H and O–H groups in total. The van der Waals surface area contributed by atoms with Crippen molar-refractivity contribution < 1.29 is 29.1 Å². The minimum absolute atomic E-state index is 0.0155. The van der Waals surface area contributed by atoms with Crippen LogP contribution in [0.25, 0.3) is 11.1 Å². The minimum Gasteiger partial charge on any atom is -0.448 e. The fourth-order valence-corrected chi connectivity index (χ4v) is 6.03. The average molecular weight is 586 g/mol. The van der Waals surface area contributed by atoms with Crippen molar-refractivity contribution in [1.29, 1.82) is 0 Å². The van der Waals surface area contributed by atoms with Crippen molar-refractivity contribution in [3.63, 3.8) is 0 Å². The van der Waals surface area contributed by atoms with Crippen molar-refractivity contribution in [2.45, 2.75) is 52.7 Å². The van der Waals surface area contributed by atoms with Gasteiger partial charge < -0.3 is 24.4 Å². The number of anilines is 1. The van der Waals surface area contributed by atoms with Crippen LogP contribution in [-0.4, -0.2) is 77.5 Å². The van der Waals surface area contributed by atoms with Gasteiger partial charge in [-0.2, -0.15) is 0 Å². The predicted molar refractivity (Wildman–Crippen MR) is 168 cm³/mol. The van der Waals surface area contributed by atoms with Crippen LogP contribution in [0, 0.1) is 13.8 Å². The maximum Gasteiger partial charge on any atom is 0.488 e. The summed E-state index contributed by atoms with van der Waals surface area (Å²) >= 11 is 0. The minimum atomic E-state index is -1.69. The van der Waals surface area contributed by atoms with Gasteiger partial charge in [-0.3, -0.25) is 10.2 Å². The molecular weight excluding hydrogens is 545 g/mol. The molecule has 2 aliphatic rings. The summed E-state index contributed by atoms with van der Waals surface area (Å²) in [5.41, 5.74) is 7.17. The Morgan fingerprint density at radius 3 is 2.07 bits per heavy atom. The van der Waals surface area contributed by atoms with Crippen LogP contribution in [0.1, 0.15) is 54.5 Å². The molecule has 43 heavy (non-hydrogen) atoms. The Bertz CT molecular complexity index is 1470. The summed E-state index contributed by atoms with van der Waals surface area (Å²) < 4.78 is 11.3. The number of carbonyl (C=O) groups excluding carboxylic acids is 2. The Labute approximate surface area is 253 Å². The number of ether oxygens (including phenoxy) is 2. The molecule has 10 heteroatoms. The second kappa shape index (κ2) is 12.4. The second-order valence-corrected chi connectivity index (χ2v) is 12.3. The summed E-state index contributed by atoms with van der Waals surface area (Å²) in [6.45, 7) is 12.1. The van der Waals surface area contributed by atoms with E-state index in [1.54, 1.807) is 38.7 Å². The predicted octanol–water partition coefficient (Wildman–Crippen LogP) is 4.40. The molecule has 0 spiro atoms. The number of rotatable bonds is 6. The molecule has 3 aromatic rings. The van der Waals surface area contributed by atoms with Crippen molar-refractivity contribution in [1.82, 2.24) is 9.80 Å². The number of nitrogens with one attached hydrogen (secondary N) is 1. The summed E-state index contributed by atoms with van der Waals surface area (Å²) in [5, 5.41) is 22.9. The van der Waals surface area contributed by atoms with Gasteiger partial charge in [-0.1, -0.05) is 54.6 Å². The van der Waals surface area contributed by atoms with Crippen LogP contribution in [0.2, 0.25) is 0 Å². The van der Waals surface area contributed by atoms with Crippen LogP contribution in [0.15, 0.2) is 54.6 Å². The van der Waals surface area contributed by atoms with Gasteiger partial charge in [0.05, 0.1) is 0 Å². The van der Waals surface area contributed by atoms with Gasteiger partial charge in [-0.05, 0) is 79.0 Å². The SMILES string of the molecule is Cc1c(CN2CCN(C(=O)OCC3c4ccccc4-c4ccccc43)CC2)cc(B(O)O)c(C)c1NC(=O)OC(C)(C)C. The quantitative estimate of drug-likeness (QED) is 0.368. The molecule has 5 rings (SSSR count). The lowest BCUT2D eigenvalue weighted by Crippen LogP contribution is -2.48. The fraction of sp³-hybridized carbons (Fsp3) is 0.394. The van der Waals surface area contributed by atoms with Crippen LogP contribution in [0.4, 0.5) is 15.3 Å². The summed E-state index contributed by atoms with van der Waals surface area (Å²) in [5.74, 6) is 0.0155. The molecule has 0 bridgehead atoms. The van der Waals surface area contributed by atoms with E-state index in [2.05, 4.69) is 34.5 Å². The zero-order valence-electron chi connectivity index (χ0n) is 25.5.